The molecule has 1 radical (unpaired) electrons. The Kier molecular flexibility index (Phi) is 3.53. The van der Waals surface area contributed by atoms with E-state index in [1.807, 2.05) is 0 Å². The topological polar surface area (TPSA) is 0 Å². The van der Waals surface area contributed by atoms with Gasteiger partial charge in [-0.05, 0) is 55.6 Å². The summed E-state index contributed by atoms with van der Waals surface area (Å²) in [5, 5.41) is 7.83. The summed E-state index contributed by atoms with van der Waals surface area (Å²) in [6.45, 7) is 2.07. The monoisotopic (exact) mass is 329 g/mol. The molecule has 0 saturated heterocycles. The molecule has 0 aliphatic heterocycles. The Bertz CT molecular complexity index is 1250. The number of rotatable bonds is 2. The first kappa shape index (κ1) is 15.2. The molecule has 0 heterocycles. The molecule has 0 nitrogen and oxygen atoms in total. The van der Waals surface area contributed by atoms with Gasteiger partial charge in [0.25, 0.3) is 0 Å². The molecule has 121 valence electrons. The van der Waals surface area contributed by atoms with E-state index in [1.165, 1.54) is 48.9 Å². The van der Waals surface area contributed by atoms with Crippen molar-refractivity contribution < 1.29 is 0 Å². The van der Waals surface area contributed by atoms with Crippen LogP contribution in [-0.4, -0.2) is 7.28 Å². The van der Waals surface area contributed by atoms with Crippen LogP contribution < -0.4 is 5.46 Å². The van der Waals surface area contributed by atoms with Crippen molar-refractivity contribution in [1.29, 1.82) is 0 Å². The van der Waals surface area contributed by atoms with Gasteiger partial charge in [0.15, 0.2) is 0 Å². The van der Waals surface area contributed by atoms with Gasteiger partial charge in [-0.1, -0.05) is 91.1 Å². The lowest BCUT2D eigenvalue weighted by atomic mass is 9.73. The molecule has 0 bridgehead atoms. The SMILES string of the molecule is C[B]c1ccc(-c2cccc3c2ccc2cc4ccccc4cc23)cc1. The predicted octanol–water partition coefficient (Wildman–Crippen LogP) is 6.19. The molecular weight excluding hydrogens is 311 g/mol. The van der Waals surface area contributed by atoms with Crippen LogP contribution >= 0.6 is 0 Å². The van der Waals surface area contributed by atoms with Crippen LogP contribution in [0.5, 0.6) is 0 Å². The highest BCUT2D eigenvalue weighted by Gasteiger charge is 2.08. The second kappa shape index (κ2) is 6.03. The molecule has 0 aliphatic carbocycles. The molecule has 0 N–H and O–H groups in total. The molecule has 1 heteroatoms. The number of hydrogen-bond acceptors (Lipinski definition) is 0. The molecule has 0 amide bonds. The zero-order valence-corrected chi connectivity index (χ0v) is 14.7. The van der Waals surface area contributed by atoms with E-state index in [2.05, 4.69) is 105 Å². The standard InChI is InChI=1S/C25H18B/c1-26-21-12-9-17(10-13-21)22-7-4-8-23-24(22)14-11-20-15-18-5-2-3-6-19(18)16-25(20)23/h2-16H,1H3. The molecule has 0 aromatic heterocycles. The number of hydrogen-bond donors (Lipinski definition) is 0. The minimum Gasteiger partial charge on any atom is -0.0881 e. The number of benzene rings is 5. The van der Waals surface area contributed by atoms with Gasteiger partial charge in [0.05, 0.1) is 0 Å². The van der Waals surface area contributed by atoms with Crippen LogP contribution in [0.15, 0.2) is 91.0 Å². The Balaban J connectivity index is 1.80. The van der Waals surface area contributed by atoms with E-state index in [9.17, 15) is 0 Å². The van der Waals surface area contributed by atoms with Crippen LogP contribution in [0.4, 0.5) is 0 Å². The Morgan fingerprint density at radius 3 is 2.08 bits per heavy atom. The van der Waals surface area contributed by atoms with Crippen molar-refractivity contribution in [3.05, 3.63) is 91.0 Å². The van der Waals surface area contributed by atoms with Crippen LogP contribution in [0.3, 0.4) is 0 Å². The van der Waals surface area contributed by atoms with Crippen molar-refractivity contribution in [3.8, 4) is 11.1 Å². The van der Waals surface area contributed by atoms with Crippen molar-refractivity contribution in [2.45, 2.75) is 6.82 Å². The molecule has 5 rings (SSSR count). The van der Waals surface area contributed by atoms with Crippen LogP contribution in [0.2, 0.25) is 6.82 Å². The van der Waals surface area contributed by atoms with Gasteiger partial charge in [-0.2, -0.15) is 0 Å². The minimum atomic E-state index is 1.26. The summed E-state index contributed by atoms with van der Waals surface area (Å²) in [4.78, 5) is 0. The van der Waals surface area contributed by atoms with Crippen molar-refractivity contribution in [2.75, 3.05) is 0 Å². The zero-order valence-electron chi connectivity index (χ0n) is 14.7. The maximum absolute atomic E-state index is 2.33. The molecule has 26 heavy (non-hydrogen) atoms. The summed E-state index contributed by atoms with van der Waals surface area (Å²) in [5.74, 6) is 0. The van der Waals surface area contributed by atoms with E-state index in [0.717, 1.165) is 0 Å². The van der Waals surface area contributed by atoms with E-state index < -0.39 is 0 Å². The van der Waals surface area contributed by atoms with Gasteiger partial charge in [-0.25, -0.2) is 0 Å². The van der Waals surface area contributed by atoms with E-state index in [-0.39, 0.29) is 0 Å². The predicted molar refractivity (Wildman–Crippen MR) is 116 cm³/mol. The molecule has 0 aliphatic rings. The lowest BCUT2D eigenvalue weighted by molar-refractivity contribution is 1.68. The second-order valence-corrected chi connectivity index (χ2v) is 6.80. The first-order valence-corrected chi connectivity index (χ1v) is 9.07. The van der Waals surface area contributed by atoms with E-state index in [4.69, 9.17) is 0 Å². The molecule has 5 aromatic carbocycles. The summed E-state index contributed by atoms with van der Waals surface area (Å²) in [5.41, 5.74) is 3.81. The summed E-state index contributed by atoms with van der Waals surface area (Å²) < 4.78 is 0. The summed E-state index contributed by atoms with van der Waals surface area (Å²) in [7, 11) is 2.13. The summed E-state index contributed by atoms with van der Waals surface area (Å²) in [6, 6.07) is 33.2. The number of fused-ring (bicyclic) bond motifs is 4. The van der Waals surface area contributed by atoms with Gasteiger partial charge in [0, 0.05) is 0 Å². The summed E-state index contributed by atoms with van der Waals surface area (Å²) in [6.07, 6.45) is 0. The minimum absolute atomic E-state index is 1.26. The molecule has 0 spiro atoms. The lowest BCUT2D eigenvalue weighted by Crippen LogP contribution is -2.08. The normalized spacial score (nSPS) is 11.3. The maximum atomic E-state index is 2.33. The van der Waals surface area contributed by atoms with Gasteiger partial charge in [0.1, 0.15) is 7.28 Å². The average Bonchev–Trinajstić information content (AvgIpc) is 2.72. The van der Waals surface area contributed by atoms with Crippen molar-refractivity contribution in [1.82, 2.24) is 0 Å². The Labute approximate surface area is 154 Å². The summed E-state index contributed by atoms with van der Waals surface area (Å²) >= 11 is 0. The van der Waals surface area contributed by atoms with Crippen LogP contribution in [0.1, 0.15) is 0 Å². The van der Waals surface area contributed by atoms with Crippen LogP contribution in [0, 0.1) is 0 Å². The van der Waals surface area contributed by atoms with E-state index >= 15 is 0 Å². The van der Waals surface area contributed by atoms with Gasteiger partial charge in [-0.15, -0.1) is 0 Å². The highest BCUT2D eigenvalue weighted by Crippen LogP contribution is 2.34. The quantitative estimate of drug-likeness (QED) is 0.206. The van der Waals surface area contributed by atoms with Crippen molar-refractivity contribution in [3.63, 3.8) is 0 Å². The highest BCUT2D eigenvalue weighted by molar-refractivity contribution is 6.51. The average molecular weight is 329 g/mol. The zero-order chi connectivity index (χ0) is 17.5. The van der Waals surface area contributed by atoms with Gasteiger partial charge >= 0.3 is 0 Å². The Hall–Kier alpha value is -3.06. The second-order valence-electron chi connectivity index (χ2n) is 6.80. The van der Waals surface area contributed by atoms with Gasteiger partial charge in [-0.3, -0.25) is 0 Å². The fraction of sp³-hybridized carbons (Fsp3) is 0.0400. The van der Waals surface area contributed by atoms with Gasteiger partial charge < -0.3 is 0 Å². The first-order chi connectivity index (χ1) is 12.8. The Morgan fingerprint density at radius 1 is 0.538 bits per heavy atom. The smallest absolute Gasteiger partial charge is 0.0881 e. The Morgan fingerprint density at radius 2 is 1.31 bits per heavy atom. The fourth-order valence-electron chi connectivity index (χ4n) is 3.89. The van der Waals surface area contributed by atoms with Crippen molar-refractivity contribution >= 4 is 45.1 Å². The molecule has 0 saturated carbocycles. The lowest BCUT2D eigenvalue weighted by Gasteiger charge is -2.11. The molecule has 0 fully saturated rings. The first-order valence-electron chi connectivity index (χ1n) is 9.07. The largest absolute Gasteiger partial charge is 0.148 e. The van der Waals surface area contributed by atoms with E-state index in [0.29, 0.717) is 0 Å². The van der Waals surface area contributed by atoms with Crippen LogP contribution in [-0.2, 0) is 0 Å². The third kappa shape index (κ3) is 2.40. The molecular formula is C25H18B. The van der Waals surface area contributed by atoms with Crippen molar-refractivity contribution in [2.24, 2.45) is 0 Å². The van der Waals surface area contributed by atoms with Gasteiger partial charge in [0.2, 0.25) is 0 Å². The molecule has 0 unspecified atom stereocenters. The third-order valence-corrected chi connectivity index (χ3v) is 5.30. The third-order valence-electron chi connectivity index (χ3n) is 5.30. The maximum Gasteiger partial charge on any atom is 0.148 e. The fourth-order valence-corrected chi connectivity index (χ4v) is 3.89. The molecule has 0 atom stereocenters. The highest BCUT2D eigenvalue weighted by atomic mass is 14.1. The molecule has 5 aromatic rings. The van der Waals surface area contributed by atoms with Crippen LogP contribution in [0.25, 0.3) is 43.4 Å². The van der Waals surface area contributed by atoms with E-state index in [1.54, 1.807) is 0 Å².